The van der Waals surface area contributed by atoms with Gasteiger partial charge in [0.2, 0.25) is 0 Å². The number of ether oxygens (including phenoxy) is 1. The molecule has 8 nitrogen and oxygen atoms in total. The summed E-state index contributed by atoms with van der Waals surface area (Å²) in [4.78, 5) is 35.3. The zero-order chi connectivity index (χ0) is 29.2. The molecule has 1 aromatic carbocycles. The molecule has 10 heteroatoms. The molecule has 2 N–H and O–H groups in total. The minimum Gasteiger partial charge on any atom is -0.378 e. The van der Waals surface area contributed by atoms with Gasteiger partial charge in [-0.05, 0) is 67.5 Å². The second-order valence-electron chi connectivity index (χ2n) is 10.9. The minimum atomic E-state index is -0.144. The summed E-state index contributed by atoms with van der Waals surface area (Å²) >= 11 is 3.16. The van der Waals surface area contributed by atoms with Crippen LogP contribution in [0.15, 0.2) is 59.0 Å². The molecule has 4 aromatic rings. The average Bonchev–Trinajstić information content (AvgIpc) is 3.64. The lowest BCUT2D eigenvalue weighted by Crippen LogP contribution is -2.35. The van der Waals surface area contributed by atoms with Crippen LogP contribution >= 0.6 is 22.7 Å². The van der Waals surface area contributed by atoms with Gasteiger partial charge in [0, 0.05) is 60.0 Å². The van der Waals surface area contributed by atoms with E-state index in [2.05, 4.69) is 28.2 Å². The van der Waals surface area contributed by atoms with Gasteiger partial charge in [0.1, 0.15) is 16.5 Å². The number of thiophene rings is 1. The number of morpholine rings is 1. The third-order valence-electron chi connectivity index (χ3n) is 7.92. The maximum atomic E-state index is 13.2. The Morgan fingerprint density at radius 3 is 2.76 bits per heavy atom. The highest BCUT2D eigenvalue weighted by Gasteiger charge is 2.19. The molecule has 0 unspecified atom stereocenters. The Morgan fingerprint density at radius 2 is 1.95 bits per heavy atom. The minimum absolute atomic E-state index is 0.0758. The molecule has 1 aliphatic heterocycles. The summed E-state index contributed by atoms with van der Waals surface area (Å²) in [6, 6.07) is 9.78. The van der Waals surface area contributed by atoms with Crippen LogP contribution in [0, 0.1) is 6.92 Å². The van der Waals surface area contributed by atoms with Crippen molar-refractivity contribution in [3.63, 3.8) is 0 Å². The molecule has 2 aliphatic rings. The second-order valence-corrected chi connectivity index (χ2v) is 12.9. The molecule has 1 fully saturated rings. The van der Waals surface area contributed by atoms with Crippen molar-refractivity contribution in [2.24, 2.45) is 7.05 Å². The van der Waals surface area contributed by atoms with E-state index in [1.54, 1.807) is 34.3 Å². The van der Waals surface area contributed by atoms with E-state index in [0.29, 0.717) is 31.1 Å². The summed E-state index contributed by atoms with van der Waals surface area (Å²) in [6.07, 6.45) is 7.00. The molecule has 0 atom stereocenters. The SMILES string of the molecule is C=C(Cc1nc(Nc2cc(-c3cccc(NC(=O)c4cc5c(s4)CCCC5)c3C)cn(C)c2=O)cs1)N1CCOCC1. The number of aromatic nitrogens is 2. The summed E-state index contributed by atoms with van der Waals surface area (Å²) < 4.78 is 7.02. The lowest BCUT2D eigenvalue weighted by molar-refractivity contribution is 0.0529. The molecule has 1 aliphatic carbocycles. The normalized spacial score (nSPS) is 14.9. The first-order valence-electron chi connectivity index (χ1n) is 14.3. The number of fused-ring (bicyclic) bond motifs is 1. The number of thiazole rings is 1. The average molecular weight is 602 g/mol. The third kappa shape index (κ3) is 6.06. The second kappa shape index (κ2) is 12.2. The molecule has 42 heavy (non-hydrogen) atoms. The first kappa shape index (κ1) is 28.4. The van der Waals surface area contributed by atoms with Crippen LogP contribution in [0.5, 0.6) is 0 Å². The topological polar surface area (TPSA) is 88.5 Å². The van der Waals surface area contributed by atoms with E-state index >= 15 is 0 Å². The van der Waals surface area contributed by atoms with Crippen LogP contribution in [0.1, 0.15) is 43.5 Å². The molecule has 218 valence electrons. The van der Waals surface area contributed by atoms with Crippen LogP contribution in [0.25, 0.3) is 11.1 Å². The Bertz CT molecular complexity index is 1670. The number of anilines is 3. The maximum absolute atomic E-state index is 13.2. The number of aryl methyl sites for hydroxylation is 3. The fourth-order valence-electron chi connectivity index (χ4n) is 5.57. The molecule has 1 amide bonds. The summed E-state index contributed by atoms with van der Waals surface area (Å²) in [7, 11) is 1.75. The van der Waals surface area contributed by atoms with Crippen LogP contribution in [-0.2, 0) is 31.0 Å². The number of benzene rings is 1. The summed E-state index contributed by atoms with van der Waals surface area (Å²) in [5, 5.41) is 9.24. The summed E-state index contributed by atoms with van der Waals surface area (Å²) in [6.45, 7) is 9.36. The van der Waals surface area contributed by atoms with Crippen molar-refractivity contribution < 1.29 is 9.53 Å². The zero-order valence-corrected chi connectivity index (χ0v) is 25.6. The van der Waals surface area contributed by atoms with Crippen LogP contribution < -0.4 is 16.2 Å². The summed E-state index contributed by atoms with van der Waals surface area (Å²) in [5.74, 6) is 0.559. The first-order chi connectivity index (χ1) is 20.4. The highest BCUT2D eigenvalue weighted by Crippen LogP contribution is 2.33. The van der Waals surface area contributed by atoms with E-state index in [4.69, 9.17) is 9.72 Å². The van der Waals surface area contributed by atoms with E-state index in [9.17, 15) is 9.59 Å². The van der Waals surface area contributed by atoms with Crippen molar-refractivity contribution in [2.45, 2.75) is 39.0 Å². The Hall–Kier alpha value is -3.73. The van der Waals surface area contributed by atoms with Gasteiger partial charge in [-0.3, -0.25) is 9.59 Å². The highest BCUT2D eigenvalue weighted by atomic mass is 32.1. The van der Waals surface area contributed by atoms with Gasteiger partial charge in [0.05, 0.1) is 18.1 Å². The zero-order valence-electron chi connectivity index (χ0n) is 24.0. The van der Waals surface area contributed by atoms with Crippen LogP contribution in [-0.4, -0.2) is 46.7 Å². The van der Waals surface area contributed by atoms with Crippen LogP contribution in [0.2, 0.25) is 0 Å². The van der Waals surface area contributed by atoms with Crippen molar-refractivity contribution in [1.82, 2.24) is 14.5 Å². The molecular weight excluding hydrogens is 567 g/mol. The quantitative estimate of drug-likeness (QED) is 0.252. The lowest BCUT2D eigenvalue weighted by atomic mass is 9.99. The van der Waals surface area contributed by atoms with Crippen molar-refractivity contribution in [3.05, 3.63) is 90.4 Å². The smallest absolute Gasteiger partial charge is 0.274 e. The van der Waals surface area contributed by atoms with E-state index in [0.717, 1.165) is 63.9 Å². The molecule has 0 radical (unpaired) electrons. The van der Waals surface area contributed by atoms with E-state index in [1.807, 2.05) is 42.8 Å². The third-order valence-corrected chi connectivity index (χ3v) is 10.0. The highest BCUT2D eigenvalue weighted by molar-refractivity contribution is 7.14. The van der Waals surface area contributed by atoms with Gasteiger partial charge in [0.25, 0.3) is 11.5 Å². The van der Waals surface area contributed by atoms with E-state index in [1.165, 1.54) is 23.3 Å². The number of nitrogens with one attached hydrogen (secondary N) is 2. The lowest BCUT2D eigenvalue weighted by Gasteiger charge is -2.30. The predicted molar refractivity (Wildman–Crippen MR) is 171 cm³/mol. The van der Waals surface area contributed by atoms with Crippen LogP contribution in [0.4, 0.5) is 17.2 Å². The van der Waals surface area contributed by atoms with Crippen LogP contribution in [0.3, 0.4) is 0 Å². The van der Waals surface area contributed by atoms with Gasteiger partial charge in [-0.25, -0.2) is 4.98 Å². The molecule has 4 heterocycles. The standard InChI is InChI=1S/C32H35N5O3S2/c1-20(37-11-13-40-14-12-37)15-30-35-29(19-41-30)33-26-16-23(18-36(3)32(26)39)24-8-6-9-25(21(24)2)34-31(38)28-17-22-7-4-5-10-27(22)42-28/h6,8-9,16-19,33H,1,4-5,7,10-15H2,2-3H3,(H,34,38). The molecule has 3 aromatic heterocycles. The first-order valence-corrected chi connectivity index (χ1v) is 16.0. The largest absolute Gasteiger partial charge is 0.378 e. The van der Waals surface area contributed by atoms with Gasteiger partial charge in [0.15, 0.2) is 0 Å². The van der Waals surface area contributed by atoms with Gasteiger partial charge < -0.3 is 24.8 Å². The van der Waals surface area contributed by atoms with E-state index < -0.39 is 0 Å². The van der Waals surface area contributed by atoms with Crippen molar-refractivity contribution in [1.29, 1.82) is 0 Å². The number of carbonyl (C=O) groups excluding carboxylic acids is 1. The Kier molecular flexibility index (Phi) is 8.28. The van der Waals surface area contributed by atoms with Crippen molar-refractivity contribution in [3.8, 4) is 11.1 Å². The van der Waals surface area contributed by atoms with Gasteiger partial charge in [-0.2, -0.15) is 0 Å². The molecular formula is C32H35N5O3S2. The number of rotatable bonds is 8. The molecule has 1 saturated heterocycles. The Morgan fingerprint density at radius 1 is 1.14 bits per heavy atom. The molecule has 0 bridgehead atoms. The molecule has 0 spiro atoms. The Labute approximate surface area is 253 Å². The number of carbonyl (C=O) groups is 1. The van der Waals surface area contributed by atoms with E-state index in [-0.39, 0.29) is 11.5 Å². The Balaban J connectivity index is 1.20. The summed E-state index contributed by atoms with van der Waals surface area (Å²) in [5.41, 5.74) is 6.16. The fraction of sp³-hybridized carbons (Fsp3) is 0.344. The number of allylic oxidation sites excluding steroid dienone is 1. The number of nitrogens with zero attached hydrogens (tertiary/aromatic N) is 3. The number of hydrogen-bond acceptors (Lipinski definition) is 8. The van der Waals surface area contributed by atoms with Gasteiger partial charge in [-0.1, -0.05) is 18.7 Å². The number of amides is 1. The fourth-order valence-corrected chi connectivity index (χ4v) is 7.48. The van der Waals surface area contributed by atoms with Gasteiger partial charge >= 0.3 is 0 Å². The predicted octanol–water partition coefficient (Wildman–Crippen LogP) is 6.14. The molecule has 6 rings (SSSR count). The maximum Gasteiger partial charge on any atom is 0.274 e. The van der Waals surface area contributed by atoms with Crippen molar-refractivity contribution >= 4 is 45.8 Å². The number of pyridine rings is 1. The van der Waals surface area contributed by atoms with Crippen molar-refractivity contribution in [2.75, 3.05) is 36.9 Å². The number of hydrogen-bond donors (Lipinski definition) is 2. The van der Waals surface area contributed by atoms with Gasteiger partial charge in [-0.15, -0.1) is 22.7 Å². The molecule has 0 saturated carbocycles. The monoisotopic (exact) mass is 601 g/mol.